The van der Waals surface area contributed by atoms with E-state index in [9.17, 15) is 4.79 Å². The van der Waals surface area contributed by atoms with Crippen molar-refractivity contribution in [3.63, 3.8) is 0 Å². The monoisotopic (exact) mass is 330 g/mol. The molecule has 2 aromatic heterocycles. The van der Waals surface area contributed by atoms with Gasteiger partial charge in [0.1, 0.15) is 5.69 Å². The number of carbonyl (C=O) groups is 1. The summed E-state index contributed by atoms with van der Waals surface area (Å²) in [5.41, 5.74) is 2.65. The minimum atomic E-state index is 0.0553. The Morgan fingerprint density at radius 3 is 2.92 bits per heavy atom. The minimum Gasteiger partial charge on any atom is -0.329 e. The second kappa shape index (κ2) is 6.76. The summed E-state index contributed by atoms with van der Waals surface area (Å²) in [4.78, 5) is 17.1. The van der Waals surface area contributed by atoms with Gasteiger partial charge in [-0.15, -0.1) is 0 Å². The molecular weight excluding hydrogens is 304 g/mol. The summed E-state index contributed by atoms with van der Waals surface area (Å²) in [7, 11) is 4.14. The fraction of sp³-hybridized carbons (Fsp3) is 0.588. The number of hydrogen-bond donors (Lipinski definition) is 0. The Morgan fingerprint density at radius 2 is 2.21 bits per heavy atom. The van der Waals surface area contributed by atoms with E-state index in [0.717, 1.165) is 24.4 Å². The summed E-state index contributed by atoms with van der Waals surface area (Å²) in [6, 6.07) is 4.10. The highest BCUT2D eigenvalue weighted by Gasteiger charge is 2.30. The van der Waals surface area contributed by atoms with E-state index in [-0.39, 0.29) is 11.9 Å². The lowest BCUT2D eigenvalue weighted by Crippen LogP contribution is -2.42. The number of amides is 1. The van der Waals surface area contributed by atoms with E-state index >= 15 is 0 Å². The molecular formula is C17H26N6O. The first kappa shape index (κ1) is 16.7. The van der Waals surface area contributed by atoms with Gasteiger partial charge in [-0.2, -0.15) is 10.2 Å². The van der Waals surface area contributed by atoms with Crippen molar-refractivity contribution in [3.8, 4) is 0 Å². The van der Waals surface area contributed by atoms with E-state index in [0.29, 0.717) is 25.3 Å². The number of nitrogens with zero attached hydrogens (tertiary/aromatic N) is 6. The first-order chi connectivity index (χ1) is 11.5. The van der Waals surface area contributed by atoms with Crippen molar-refractivity contribution >= 4 is 5.91 Å². The van der Waals surface area contributed by atoms with Crippen LogP contribution in [-0.4, -0.2) is 62.5 Å². The number of hydrogen-bond acceptors (Lipinski definition) is 4. The summed E-state index contributed by atoms with van der Waals surface area (Å²) in [5.74, 6) is 0.0553. The second-order valence-electron chi connectivity index (χ2n) is 6.69. The zero-order valence-corrected chi connectivity index (χ0v) is 14.9. The lowest BCUT2D eigenvalue weighted by Gasteiger charge is -2.34. The maximum absolute atomic E-state index is 13.0. The lowest BCUT2D eigenvalue weighted by atomic mass is 10.1. The molecule has 0 spiro atoms. The first-order valence-corrected chi connectivity index (χ1v) is 8.50. The van der Waals surface area contributed by atoms with E-state index in [4.69, 9.17) is 0 Å². The van der Waals surface area contributed by atoms with Gasteiger partial charge in [-0.25, -0.2) is 0 Å². The van der Waals surface area contributed by atoms with Gasteiger partial charge in [-0.05, 0) is 53.0 Å². The van der Waals surface area contributed by atoms with Gasteiger partial charge in [-0.3, -0.25) is 14.2 Å². The molecule has 0 aliphatic carbocycles. The molecule has 0 N–H and O–H groups in total. The zero-order valence-electron chi connectivity index (χ0n) is 14.9. The van der Waals surface area contributed by atoms with Crippen molar-refractivity contribution in [1.29, 1.82) is 0 Å². The van der Waals surface area contributed by atoms with Crippen LogP contribution < -0.4 is 0 Å². The average molecular weight is 330 g/mol. The summed E-state index contributed by atoms with van der Waals surface area (Å²) in [6.07, 6.45) is 2.80. The van der Waals surface area contributed by atoms with Crippen LogP contribution in [0, 0.1) is 6.92 Å². The Morgan fingerprint density at radius 1 is 1.42 bits per heavy atom. The lowest BCUT2D eigenvalue weighted by molar-refractivity contribution is 0.0647. The van der Waals surface area contributed by atoms with Crippen LogP contribution >= 0.6 is 0 Å². The third-order valence-corrected chi connectivity index (χ3v) is 4.50. The first-order valence-electron chi connectivity index (χ1n) is 8.50. The smallest absolute Gasteiger partial charge is 0.272 e. The van der Waals surface area contributed by atoms with E-state index in [1.54, 1.807) is 4.68 Å². The van der Waals surface area contributed by atoms with Gasteiger partial charge in [0, 0.05) is 19.3 Å². The maximum atomic E-state index is 13.0. The molecule has 1 amide bonds. The van der Waals surface area contributed by atoms with Gasteiger partial charge in [0.25, 0.3) is 5.91 Å². The van der Waals surface area contributed by atoms with E-state index in [2.05, 4.69) is 33.9 Å². The Bertz CT molecular complexity index is 716. The van der Waals surface area contributed by atoms with Gasteiger partial charge in [0.05, 0.1) is 24.0 Å². The quantitative estimate of drug-likeness (QED) is 0.835. The molecule has 1 atom stereocenters. The molecule has 130 valence electrons. The molecule has 0 fully saturated rings. The van der Waals surface area contributed by atoms with E-state index in [1.165, 1.54) is 0 Å². The van der Waals surface area contributed by atoms with E-state index < -0.39 is 0 Å². The molecule has 2 aromatic rings. The molecule has 1 aliphatic rings. The van der Waals surface area contributed by atoms with Gasteiger partial charge in [0.2, 0.25) is 0 Å². The van der Waals surface area contributed by atoms with Crippen LogP contribution in [-0.2, 0) is 13.1 Å². The van der Waals surface area contributed by atoms with Gasteiger partial charge in [0.15, 0.2) is 0 Å². The highest BCUT2D eigenvalue weighted by molar-refractivity contribution is 5.92. The van der Waals surface area contributed by atoms with Crippen LogP contribution in [0.5, 0.6) is 0 Å². The highest BCUT2D eigenvalue weighted by Crippen LogP contribution is 2.24. The van der Waals surface area contributed by atoms with Crippen LogP contribution in [0.2, 0.25) is 0 Å². The summed E-state index contributed by atoms with van der Waals surface area (Å²) < 4.78 is 3.87. The number of rotatable bonds is 5. The standard InChI is InChI=1S/C17H26N6O/c1-5-22-16(10-13(2)19-22)17(24)21-11-14-6-8-18-23(14)15(12-21)7-9-20(3)4/h6,8,10,15H,5,7,9,11-12H2,1-4H3/t15-/m1/s1. The molecule has 3 rings (SSSR count). The molecule has 7 nitrogen and oxygen atoms in total. The molecule has 0 aromatic carbocycles. The van der Waals surface area contributed by atoms with Gasteiger partial charge >= 0.3 is 0 Å². The molecule has 24 heavy (non-hydrogen) atoms. The molecule has 0 radical (unpaired) electrons. The molecule has 1 aliphatic heterocycles. The predicted octanol–water partition coefficient (Wildman–Crippen LogP) is 1.56. The Hall–Kier alpha value is -2.15. The number of carbonyl (C=O) groups excluding carboxylic acids is 1. The molecule has 0 unspecified atom stereocenters. The summed E-state index contributed by atoms with van der Waals surface area (Å²) >= 11 is 0. The summed E-state index contributed by atoms with van der Waals surface area (Å²) in [6.45, 7) is 6.89. The molecule has 0 saturated carbocycles. The Balaban J connectivity index is 1.83. The van der Waals surface area contributed by atoms with Crippen molar-refractivity contribution in [2.75, 3.05) is 27.2 Å². The number of aromatic nitrogens is 4. The molecule has 0 saturated heterocycles. The zero-order chi connectivity index (χ0) is 17.3. The van der Waals surface area contributed by atoms with Crippen LogP contribution in [0.1, 0.15) is 41.3 Å². The highest BCUT2D eigenvalue weighted by atomic mass is 16.2. The third kappa shape index (κ3) is 3.21. The van der Waals surface area contributed by atoms with Crippen molar-refractivity contribution in [3.05, 3.63) is 35.4 Å². The van der Waals surface area contributed by atoms with Crippen LogP contribution in [0.3, 0.4) is 0 Å². The molecule has 0 bridgehead atoms. The van der Waals surface area contributed by atoms with Crippen molar-refractivity contribution in [2.45, 2.75) is 39.4 Å². The maximum Gasteiger partial charge on any atom is 0.272 e. The SMILES string of the molecule is CCn1nc(C)cc1C(=O)N1Cc2ccnn2[C@H](CCN(C)C)C1. The molecule has 7 heteroatoms. The summed E-state index contributed by atoms with van der Waals surface area (Å²) in [5, 5.41) is 8.87. The molecule has 3 heterocycles. The largest absolute Gasteiger partial charge is 0.329 e. The minimum absolute atomic E-state index is 0.0553. The van der Waals surface area contributed by atoms with Crippen molar-refractivity contribution in [2.24, 2.45) is 0 Å². The van der Waals surface area contributed by atoms with Crippen LogP contribution in [0.4, 0.5) is 0 Å². The number of fused-ring (bicyclic) bond motifs is 1. The van der Waals surface area contributed by atoms with Crippen molar-refractivity contribution < 1.29 is 4.79 Å². The van der Waals surface area contributed by atoms with Crippen LogP contribution in [0.25, 0.3) is 0 Å². The van der Waals surface area contributed by atoms with E-state index in [1.807, 2.05) is 37.1 Å². The fourth-order valence-corrected chi connectivity index (χ4v) is 3.28. The number of aryl methyl sites for hydroxylation is 2. The Kier molecular flexibility index (Phi) is 4.71. The fourth-order valence-electron chi connectivity index (χ4n) is 3.28. The van der Waals surface area contributed by atoms with Crippen LogP contribution in [0.15, 0.2) is 18.3 Å². The average Bonchev–Trinajstić information content (AvgIpc) is 3.17. The third-order valence-electron chi connectivity index (χ3n) is 4.50. The Labute approximate surface area is 142 Å². The van der Waals surface area contributed by atoms with Crippen molar-refractivity contribution in [1.82, 2.24) is 29.4 Å². The topological polar surface area (TPSA) is 59.2 Å². The second-order valence-corrected chi connectivity index (χ2v) is 6.69. The predicted molar refractivity (Wildman–Crippen MR) is 91.8 cm³/mol. The van der Waals surface area contributed by atoms with Gasteiger partial charge in [-0.1, -0.05) is 0 Å². The normalized spacial score (nSPS) is 17.4. The van der Waals surface area contributed by atoms with Gasteiger partial charge < -0.3 is 9.80 Å².